The molecule has 1 amide bonds. The fourth-order valence-corrected chi connectivity index (χ4v) is 1.96. The Morgan fingerprint density at radius 2 is 2.29 bits per heavy atom. The lowest BCUT2D eigenvalue weighted by atomic mass is 10.00. The van der Waals surface area contributed by atoms with Crippen molar-refractivity contribution in [1.29, 1.82) is 0 Å². The van der Waals surface area contributed by atoms with Crippen LogP contribution in [0.2, 0.25) is 0 Å². The maximum atomic E-state index is 11.4. The summed E-state index contributed by atoms with van der Waals surface area (Å²) in [4.78, 5) is 11.4. The van der Waals surface area contributed by atoms with E-state index in [-0.39, 0.29) is 11.9 Å². The predicted octanol–water partition coefficient (Wildman–Crippen LogP) is 1.53. The van der Waals surface area contributed by atoms with Gasteiger partial charge in [0.15, 0.2) is 0 Å². The third-order valence-electron chi connectivity index (χ3n) is 2.64. The van der Waals surface area contributed by atoms with Gasteiger partial charge in [-0.25, -0.2) is 0 Å². The zero-order chi connectivity index (χ0) is 10.6. The van der Waals surface area contributed by atoms with Crippen molar-refractivity contribution in [2.75, 3.05) is 6.54 Å². The average molecular weight is 261 g/mol. The second kappa shape index (κ2) is 5.51. The Labute approximate surface area is 93.2 Å². The molecule has 1 aliphatic carbocycles. The molecule has 3 N–H and O–H groups in total. The van der Waals surface area contributed by atoms with E-state index in [1.807, 2.05) is 0 Å². The molecule has 14 heavy (non-hydrogen) atoms. The van der Waals surface area contributed by atoms with Gasteiger partial charge >= 0.3 is 0 Å². The minimum Gasteiger partial charge on any atom is -0.352 e. The van der Waals surface area contributed by atoms with Crippen molar-refractivity contribution >= 4 is 21.8 Å². The van der Waals surface area contributed by atoms with Crippen LogP contribution in [0, 0.1) is 5.92 Å². The first-order valence-corrected chi connectivity index (χ1v) is 5.74. The van der Waals surface area contributed by atoms with Crippen LogP contribution in [-0.4, -0.2) is 18.5 Å². The number of rotatable bonds is 4. The van der Waals surface area contributed by atoms with Gasteiger partial charge in [-0.3, -0.25) is 4.79 Å². The Hall–Kier alpha value is -0.350. The van der Waals surface area contributed by atoms with Crippen LogP contribution in [0.3, 0.4) is 0 Å². The highest BCUT2D eigenvalue weighted by Gasteiger charge is 2.25. The van der Waals surface area contributed by atoms with Gasteiger partial charge in [0.25, 0.3) is 0 Å². The molecule has 0 heterocycles. The quantitative estimate of drug-likeness (QED) is 0.806. The summed E-state index contributed by atoms with van der Waals surface area (Å²) in [5.41, 5.74) is 5.88. The zero-order valence-electron chi connectivity index (χ0n) is 8.26. The van der Waals surface area contributed by atoms with Crippen LogP contribution in [-0.2, 0) is 4.79 Å². The van der Waals surface area contributed by atoms with Crippen molar-refractivity contribution in [3.05, 3.63) is 11.1 Å². The normalized spacial score (nSPS) is 26.1. The number of hydrogen-bond acceptors (Lipinski definition) is 2. The van der Waals surface area contributed by atoms with Crippen molar-refractivity contribution < 1.29 is 4.79 Å². The first-order valence-electron chi connectivity index (χ1n) is 4.95. The van der Waals surface area contributed by atoms with E-state index in [1.165, 1.54) is 0 Å². The van der Waals surface area contributed by atoms with Gasteiger partial charge in [0.1, 0.15) is 0 Å². The van der Waals surface area contributed by atoms with Gasteiger partial charge in [0.2, 0.25) is 5.91 Å². The van der Waals surface area contributed by atoms with E-state index in [4.69, 9.17) is 5.73 Å². The van der Waals surface area contributed by atoms with Crippen molar-refractivity contribution in [3.8, 4) is 0 Å². The van der Waals surface area contributed by atoms with E-state index in [1.54, 1.807) is 0 Å². The summed E-state index contributed by atoms with van der Waals surface area (Å²) in [5.74, 6) is 0.451. The molecule has 0 radical (unpaired) electrons. The first-order chi connectivity index (χ1) is 6.59. The van der Waals surface area contributed by atoms with E-state index in [0.717, 1.165) is 23.7 Å². The summed E-state index contributed by atoms with van der Waals surface area (Å²) in [6.07, 6.45) is 3.86. The summed E-state index contributed by atoms with van der Waals surface area (Å²) >= 11 is 3.19. The van der Waals surface area contributed by atoms with Crippen LogP contribution in [0.5, 0.6) is 0 Å². The van der Waals surface area contributed by atoms with Crippen LogP contribution in [0.25, 0.3) is 0 Å². The van der Waals surface area contributed by atoms with Gasteiger partial charge in [-0.2, -0.15) is 0 Å². The molecule has 0 aromatic carbocycles. The summed E-state index contributed by atoms with van der Waals surface area (Å²) in [6.45, 7) is 4.15. The number of carbonyl (C=O) groups is 1. The molecule has 0 aromatic heterocycles. The van der Waals surface area contributed by atoms with Crippen molar-refractivity contribution in [1.82, 2.24) is 5.32 Å². The minimum atomic E-state index is 0.0768. The average Bonchev–Trinajstić information content (AvgIpc) is 2.49. The predicted molar refractivity (Wildman–Crippen MR) is 61.0 cm³/mol. The Kier molecular flexibility index (Phi) is 4.62. The van der Waals surface area contributed by atoms with Crippen LogP contribution in [0.1, 0.15) is 25.7 Å². The van der Waals surface area contributed by atoms with E-state index in [2.05, 4.69) is 27.8 Å². The number of hydrogen-bond donors (Lipinski definition) is 2. The molecule has 1 rings (SSSR count). The molecular weight excluding hydrogens is 244 g/mol. The largest absolute Gasteiger partial charge is 0.352 e. The monoisotopic (exact) mass is 260 g/mol. The molecule has 0 unspecified atom stereocenters. The second-order valence-corrected chi connectivity index (χ2v) is 4.97. The number of amides is 1. The van der Waals surface area contributed by atoms with Gasteiger partial charge in [0, 0.05) is 23.5 Å². The van der Waals surface area contributed by atoms with Crippen LogP contribution in [0.15, 0.2) is 11.1 Å². The van der Waals surface area contributed by atoms with Gasteiger partial charge in [-0.05, 0) is 18.8 Å². The third kappa shape index (κ3) is 3.80. The van der Waals surface area contributed by atoms with Crippen LogP contribution >= 0.6 is 15.9 Å². The fraction of sp³-hybridized carbons (Fsp3) is 0.700. The lowest BCUT2D eigenvalue weighted by Crippen LogP contribution is -2.32. The first kappa shape index (κ1) is 11.7. The van der Waals surface area contributed by atoms with Gasteiger partial charge in [-0.15, -0.1) is 0 Å². The molecule has 1 aliphatic rings. The van der Waals surface area contributed by atoms with E-state index < -0.39 is 0 Å². The number of nitrogens with two attached hydrogens (primary N) is 1. The molecule has 1 fully saturated rings. The molecule has 0 saturated heterocycles. The lowest BCUT2D eigenvalue weighted by molar-refractivity contribution is -0.121. The molecule has 3 nitrogen and oxygen atoms in total. The smallest absolute Gasteiger partial charge is 0.220 e. The number of carbonyl (C=O) groups excluding carboxylic acids is 1. The van der Waals surface area contributed by atoms with E-state index in [9.17, 15) is 4.79 Å². The molecule has 2 atom stereocenters. The zero-order valence-corrected chi connectivity index (χ0v) is 9.85. The third-order valence-corrected chi connectivity index (χ3v) is 2.92. The summed E-state index contributed by atoms with van der Waals surface area (Å²) in [6, 6.07) is 0.216. The molecule has 80 valence electrons. The summed E-state index contributed by atoms with van der Waals surface area (Å²) in [7, 11) is 0. The molecule has 0 spiro atoms. The molecule has 1 saturated carbocycles. The molecule has 0 aliphatic heterocycles. The maximum Gasteiger partial charge on any atom is 0.220 e. The Bertz CT molecular complexity index is 230. The Morgan fingerprint density at radius 1 is 1.57 bits per heavy atom. The topological polar surface area (TPSA) is 55.1 Å². The highest BCUT2D eigenvalue weighted by Crippen LogP contribution is 2.26. The van der Waals surface area contributed by atoms with E-state index >= 15 is 0 Å². The molecule has 4 heteroatoms. The van der Waals surface area contributed by atoms with Crippen molar-refractivity contribution in [3.63, 3.8) is 0 Å². The standard InChI is InChI=1S/C10H17BrN2O/c1-7(11)6-13-10(14)5-8-3-2-4-9(8)12/h8-9H,1-6,12H2,(H,13,14)/t8-,9+/m0/s1. The van der Waals surface area contributed by atoms with Crippen molar-refractivity contribution in [2.24, 2.45) is 11.7 Å². The number of halogens is 1. The van der Waals surface area contributed by atoms with E-state index in [0.29, 0.717) is 18.9 Å². The highest BCUT2D eigenvalue weighted by atomic mass is 79.9. The molecule has 0 bridgehead atoms. The summed E-state index contributed by atoms with van der Waals surface area (Å²) in [5, 5.41) is 2.79. The van der Waals surface area contributed by atoms with Crippen LogP contribution in [0.4, 0.5) is 0 Å². The van der Waals surface area contributed by atoms with Gasteiger partial charge in [0.05, 0.1) is 0 Å². The fourth-order valence-electron chi connectivity index (χ4n) is 1.82. The van der Waals surface area contributed by atoms with Gasteiger partial charge in [-0.1, -0.05) is 28.9 Å². The van der Waals surface area contributed by atoms with Crippen LogP contribution < -0.4 is 11.1 Å². The molecule has 0 aromatic rings. The minimum absolute atomic E-state index is 0.0768. The Morgan fingerprint density at radius 3 is 2.79 bits per heavy atom. The van der Waals surface area contributed by atoms with Crippen molar-refractivity contribution in [2.45, 2.75) is 31.7 Å². The SMILES string of the molecule is C=C(Br)CNC(=O)C[C@@H]1CCC[C@H]1N. The Balaban J connectivity index is 2.22. The summed E-state index contributed by atoms with van der Waals surface area (Å²) < 4.78 is 0.793. The lowest BCUT2D eigenvalue weighted by Gasteiger charge is -2.14. The number of nitrogens with one attached hydrogen (secondary N) is 1. The second-order valence-electron chi connectivity index (χ2n) is 3.85. The molecular formula is C10H17BrN2O. The van der Waals surface area contributed by atoms with Gasteiger partial charge < -0.3 is 11.1 Å². The maximum absolute atomic E-state index is 11.4. The highest BCUT2D eigenvalue weighted by molar-refractivity contribution is 9.11.